The molecule has 0 unspecified atom stereocenters. The van der Waals surface area contributed by atoms with Crippen LogP contribution in [0.25, 0.3) is 0 Å². The molecule has 1 aromatic rings. The van der Waals surface area contributed by atoms with Crippen LogP contribution in [-0.2, 0) is 9.47 Å². The summed E-state index contributed by atoms with van der Waals surface area (Å²) in [5.41, 5.74) is 0.497. The zero-order valence-electron chi connectivity index (χ0n) is 11.2. The van der Waals surface area contributed by atoms with E-state index in [1.165, 1.54) is 0 Å². The Labute approximate surface area is 113 Å². The molecule has 0 saturated carbocycles. The largest absolute Gasteiger partial charge is 0.462 e. The van der Waals surface area contributed by atoms with E-state index in [1.54, 1.807) is 25.3 Å². The van der Waals surface area contributed by atoms with E-state index in [-0.39, 0.29) is 5.97 Å². The fourth-order valence-electron chi connectivity index (χ4n) is 2.11. The lowest BCUT2D eigenvalue weighted by Gasteiger charge is -2.22. The summed E-state index contributed by atoms with van der Waals surface area (Å²) in [6, 6.07) is 3.48. The van der Waals surface area contributed by atoms with Crippen LogP contribution in [0.15, 0.2) is 18.3 Å². The van der Waals surface area contributed by atoms with Crippen molar-refractivity contribution in [1.29, 1.82) is 0 Å². The topological polar surface area (TPSA) is 60.5 Å². The summed E-state index contributed by atoms with van der Waals surface area (Å²) in [5, 5.41) is 3.25. The van der Waals surface area contributed by atoms with Crippen LogP contribution in [0.2, 0.25) is 0 Å². The Morgan fingerprint density at radius 2 is 2.32 bits per heavy atom. The van der Waals surface area contributed by atoms with Crippen molar-refractivity contribution in [3.63, 3.8) is 0 Å². The van der Waals surface area contributed by atoms with Gasteiger partial charge in [-0.2, -0.15) is 0 Å². The van der Waals surface area contributed by atoms with Crippen molar-refractivity contribution in [2.45, 2.75) is 19.8 Å². The molecule has 5 nitrogen and oxygen atoms in total. The summed E-state index contributed by atoms with van der Waals surface area (Å²) in [5.74, 6) is 0.850. The molecule has 2 heterocycles. The van der Waals surface area contributed by atoms with E-state index in [9.17, 15) is 4.79 Å². The summed E-state index contributed by atoms with van der Waals surface area (Å²) in [7, 11) is 0. The molecule has 0 spiro atoms. The van der Waals surface area contributed by atoms with Gasteiger partial charge in [0.15, 0.2) is 0 Å². The number of hydrogen-bond donors (Lipinski definition) is 1. The van der Waals surface area contributed by atoms with Crippen LogP contribution in [0.3, 0.4) is 0 Å². The van der Waals surface area contributed by atoms with Crippen molar-refractivity contribution in [1.82, 2.24) is 4.98 Å². The third-order valence-electron chi connectivity index (χ3n) is 3.20. The summed E-state index contributed by atoms with van der Waals surface area (Å²) < 4.78 is 10.3. The van der Waals surface area contributed by atoms with Gasteiger partial charge in [0, 0.05) is 26.0 Å². The lowest BCUT2D eigenvalue weighted by molar-refractivity contribution is 0.0526. The predicted molar refractivity (Wildman–Crippen MR) is 72.2 cm³/mol. The molecule has 1 aromatic heterocycles. The molecule has 2 rings (SSSR count). The molecular weight excluding hydrogens is 244 g/mol. The Morgan fingerprint density at radius 3 is 3.05 bits per heavy atom. The Balaban J connectivity index is 1.97. The maximum atomic E-state index is 11.8. The molecule has 0 radical (unpaired) electrons. The lowest BCUT2D eigenvalue weighted by Crippen LogP contribution is -2.23. The average Bonchev–Trinajstić information content (AvgIpc) is 2.47. The Bertz CT molecular complexity index is 417. The van der Waals surface area contributed by atoms with Crippen LogP contribution in [0.4, 0.5) is 5.82 Å². The smallest absolute Gasteiger partial charge is 0.341 e. The van der Waals surface area contributed by atoms with Gasteiger partial charge in [0.05, 0.1) is 6.61 Å². The number of aromatic nitrogens is 1. The number of carbonyl (C=O) groups excluding carboxylic acids is 1. The van der Waals surface area contributed by atoms with Gasteiger partial charge in [-0.3, -0.25) is 0 Å². The Morgan fingerprint density at radius 1 is 1.53 bits per heavy atom. The molecule has 5 heteroatoms. The first-order valence-corrected chi connectivity index (χ1v) is 6.75. The molecule has 1 aliphatic rings. The van der Waals surface area contributed by atoms with Crippen molar-refractivity contribution >= 4 is 11.8 Å². The molecule has 0 amide bonds. The van der Waals surface area contributed by atoms with Crippen LogP contribution in [0.5, 0.6) is 0 Å². The van der Waals surface area contributed by atoms with Gasteiger partial charge in [-0.05, 0) is 37.8 Å². The maximum absolute atomic E-state index is 11.8. The van der Waals surface area contributed by atoms with Gasteiger partial charge in [-0.1, -0.05) is 0 Å². The van der Waals surface area contributed by atoms with E-state index >= 15 is 0 Å². The van der Waals surface area contributed by atoms with Crippen LogP contribution in [0.1, 0.15) is 30.1 Å². The second kappa shape index (κ2) is 7.09. The standard InChI is InChI=1S/C14H20N2O3/c1-2-19-14(17)12-4-3-7-15-13(12)16-10-11-5-8-18-9-6-11/h3-4,7,11H,2,5-6,8-10H2,1H3,(H,15,16). The van der Waals surface area contributed by atoms with Gasteiger partial charge in [0.1, 0.15) is 11.4 Å². The van der Waals surface area contributed by atoms with E-state index in [1.807, 2.05) is 0 Å². The molecule has 0 aromatic carbocycles. The summed E-state index contributed by atoms with van der Waals surface area (Å²) in [6.07, 6.45) is 3.78. The van der Waals surface area contributed by atoms with Gasteiger partial charge < -0.3 is 14.8 Å². The highest BCUT2D eigenvalue weighted by molar-refractivity contribution is 5.94. The highest BCUT2D eigenvalue weighted by atomic mass is 16.5. The second-order valence-corrected chi connectivity index (χ2v) is 4.56. The van der Waals surface area contributed by atoms with E-state index < -0.39 is 0 Å². The minimum absolute atomic E-state index is 0.329. The number of pyridine rings is 1. The number of esters is 1. The second-order valence-electron chi connectivity index (χ2n) is 4.56. The van der Waals surface area contributed by atoms with Gasteiger partial charge in [-0.25, -0.2) is 9.78 Å². The number of carbonyl (C=O) groups is 1. The number of nitrogens with one attached hydrogen (secondary N) is 1. The summed E-state index contributed by atoms with van der Waals surface area (Å²) >= 11 is 0. The first-order valence-electron chi connectivity index (χ1n) is 6.75. The molecular formula is C14H20N2O3. The molecule has 1 fully saturated rings. The van der Waals surface area contributed by atoms with Crippen LogP contribution in [-0.4, -0.2) is 37.3 Å². The van der Waals surface area contributed by atoms with E-state index in [4.69, 9.17) is 9.47 Å². The number of rotatable bonds is 5. The lowest BCUT2D eigenvalue weighted by atomic mass is 10.0. The van der Waals surface area contributed by atoms with E-state index in [0.29, 0.717) is 23.9 Å². The molecule has 1 N–H and O–H groups in total. The van der Waals surface area contributed by atoms with Crippen LogP contribution in [0, 0.1) is 5.92 Å². The van der Waals surface area contributed by atoms with E-state index in [0.717, 1.165) is 32.6 Å². The van der Waals surface area contributed by atoms with Crippen LogP contribution >= 0.6 is 0 Å². The maximum Gasteiger partial charge on any atom is 0.341 e. The zero-order chi connectivity index (χ0) is 13.5. The van der Waals surface area contributed by atoms with Gasteiger partial charge in [0.2, 0.25) is 0 Å². The first-order chi connectivity index (χ1) is 9.31. The Hall–Kier alpha value is -1.62. The van der Waals surface area contributed by atoms with Crippen molar-refractivity contribution < 1.29 is 14.3 Å². The molecule has 1 saturated heterocycles. The number of anilines is 1. The zero-order valence-corrected chi connectivity index (χ0v) is 11.2. The van der Waals surface area contributed by atoms with E-state index in [2.05, 4.69) is 10.3 Å². The fourth-order valence-corrected chi connectivity index (χ4v) is 2.11. The van der Waals surface area contributed by atoms with Crippen molar-refractivity contribution in [2.24, 2.45) is 5.92 Å². The SMILES string of the molecule is CCOC(=O)c1cccnc1NCC1CCOCC1. The molecule has 104 valence electrons. The highest BCUT2D eigenvalue weighted by Crippen LogP contribution is 2.18. The fraction of sp³-hybridized carbons (Fsp3) is 0.571. The molecule has 0 aliphatic carbocycles. The highest BCUT2D eigenvalue weighted by Gasteiger charge is 2.16. The van der Waals surface area contributed by atoms with Crippen molar-refractivity contribution in [3.05, 3.63) is 23.9 Å². The molecule has 1 aliphatic heterocycles. The van der Waals surface area contributed by atoms with Crippen molar-refractivity contribution in [3.8, 4) is 0 Å². The summed E-state index contributed by atoms with van der Waals surface area (Å²) in [6.45, 7) is 4.61. The quantitative estimate of drug-likeness (QED) is 0.825. The number of hydrogen-bond acceptors (Lipinski definition) is 5. The normalized spacial score (nSPS) is 16.1. The van der Waals surface area contributed by atoms with Crippen molar-refractivity contribution in [2.75, 3.05) is 31.7 Å². The average molecular weight is 264 g/mol. The number of ether oxygens (including phenoxy) is 2. The monoisotopic (exact) mass is 264 g/mol. The summed E-state index contributed by atoms with van der Waals surface area (Å²) in [4.78, 5) is 16.0. The van der Waals surface area contributed by atoms with Gasteiger partial charge >= 0.3 is 5.97 Å². The molecule has 0 bridgehead atoms. The predicted octanol–water partition coefficient (Wildman–Crippen LogP) is 2.10. The first kappa shape index (κ1) is 13.8. The third kappa shape index (κ3) is 3.92. The minimum atomic E-state index is -0.329. The third-order valence-corrected chi connectivity index (χ3v) is 3.20. The molecule has 19 heavy (non-hydrogen) atoms. The number of nitrogens with zero attached hydrogens (tertiary/aromatic N) is 1. The molecule has 0 atom stereocenters. The van der Waals surface area contributed by atoms with Crippen LogP contribution < -0.4 is 5.32 Å². The Kier molecular flexibility index (Phi) is 5.15. The van der Waals surface area contributed by atoms with Gasteiger partial charge in [0.25, 0.3) is 0 Å². The minimum Gasteiger partial charge on any atom is -0.462 e. The van der Waals surface area contributed by atoms with Gasteiger partial charge in [-0.15, -0.1) is 0 Å².